The lowest BCUT2D eigenvalue weighted by molar-refractivity contribution is 0.0921. The minimum Gasteiger partial charge on any atom is -0.348 e. The lowest BCUT2D eigenvalue weighted by Gasteiger charge is -2.22. The Morgan fingerprint density at radius 1 is 1.10 bits per heavy atom. The molecule has 1 saturated carbocycles. The Balaban J connectivity index is 1.80. The van der Waals surface area contributed by atoms with Crippen LogP contribution in [-0.2, 0) is 0 Å². The Labute approximate surface area is 200 Å². The van der Waals surface area contributed by atoms with E-state index in [9.17, 15) is 4.79 Å². The van der Waals surface area contributed by atoms with E-state index in [1.54, 1.807) is 16.8 Å². The Morgan fingerprint density at radius 2 is 1.80 bits per heavy atom. The van der Waals surface area contributed by atoms with Gasteiger partial charge in [-0.1, -0.05) is 54.6 Å². The van der Waals surface area contributed by atoms with Gasteiger partial charge in [0.15, 0.2) is 5.69 Å². The van der Waals surface area contributed by atoms with Crippen LogP contribution in [-0.4, -0.2) is 21.7 Å². The molecular weight excluding hydrogens is 532 g/mol. The highest BCUT2D eigenvalue weighted by atomic mass is 127. The third kappa shape index (κ3) is 4.53. The average Bonchev–Trinajstić information content (AvgIpc) is 3.06. The van der Waals surface area contributed by atoms with Crippen LogP contribution in [0.25, 0.3) is 16.9 Å². The zero-order valence-corrected chi connectivity index (χ0v) is 20.3. The fraction of sp³-hybridized carbons (Fsp3) is 0.304. The molecule has 3 aromatic rings. The van der Waals surface area contributed by atoms with Gasteiger partial charge in [-0.2, -0.15) is 5.10 Å². The Morgan fingerprint density at radius 3 is 2.47 bits per heavy atom. The molecule has 0 unspecified atom stereocenters. The molecule has 0 saturated heterocycles. The van der Waals surface area contributed by atoms with Crippen molar-refractivity contribution in [1.82, 2.24) is 15.1 Å². The van der Waals surface area contributed by atoms with Gasteiger partial charge in [0.25, 0.3) is 5.91 Å². The predicted octanol–water partition coefficient (Wildman–Crippen LogP) is 6.82. The van der Waals surface area contributed by atoms with Crippen molar-refractivity contribution in [2.75, 3.05) is 0 Å². The number of carbonyl (C=O) groups is 1. The fourth-order valence-corrected chi connectivity index (χ4v) is 4.83. The quantitative estimate of drug-likeness (QED) is 0.360. The topological polar surface area (TPSA) is 46.9 Å². The number of benzene rings is 2. The number of aromatic nitrogens is 2. The highest BCUT2D eigenvalue weighted by Gasteiger charge is 2.25. The van der Waals surface area contributed by atoms with Gasteiger partial charge in [0.05, 0.1) is 16.4 Å². The van der Waals surface area contributed by atoms with Crippen LogP contribution in [0.3, 0.4) is 0 Å². The molecule has 4 rings (SSSR count). The van der Waals surface area contributed by atoms with Crippen LogP contribution in [0, 0.1) is 10.5 Å². The summed E-state index contributed by atoms with van der Waals surface area (Å²) in [4.78, 5) is 13.1. The highest BCUT2D eigenvalue weighted by molar-refractivity contribution is 14.1. The molecule has 2 aromatic carbocycles. The number of carbonyl (C=O) groups excluding carboxylic acids is 1. The molecule has 1 amide bonds. The number of amides is 1. The van der Waals surface area contributed by atoms with E-state index in [2.05, 4.69) is 27.9 Å². The standard InChI is InChI=1S/C23H22Cl2IN3O/c1-14-21(23(30)27-18-5-3-2-4-6-18)28-29(20-12-9-16(24)13-19(20)25)22(14)15-7-10-17(26)11-8-15/h7-13,18H,2-6H2,1H3,(H,27,30). The maximum absolute atomic E-state index is 13.1. The van der Waals surface area contributed by atoms with Crippen LogP contribution in [0.1, 0.15) is 48.2 Å². The number of hydrogen-bond donors (Lipinski definition) is 1. The van der Waals surface area contributed by atoms with Crippen molar-refractivity contribution < 1.29 is 4.79 Å². The van der Waals surface area contributed by atoms with Gasteiger partial charge in [0.2, 0.25) is 0 Å². The largest absolute Gasteiger partial charge is 0.348 e. The smallest absolute Gasteiger partial charge is 0.272 e. The summed E-state index contributed by atoms with van der Waals surface area (Å²) in [6.07, 6.45) is 5.61. The van der Waals surface area contributed by atoms with Crippen molar-refractivity contribution >= 4 is 51.7 Å². The van der Waals surface area contributed by atoms with E-state index >= 15 is 0 Å². The molecule has 7 heteroatoms. The van der Waals surface area contributed by atoms with Crippen molar-refractivity contribution in [2.45, 2.75) is 45.1 Å². The molecule has 0 bridgehead atoms. The van der Waals surface area contributed by atoms with E-state index in [1.165, 1.54) is 6.42 Å². The van der Waals surface area contributed by atoms with E-state index in [0.717, 1.165) is 46.1 Å². The number of rotatable bonds is 4. The number of hydrogen-bond acceptors (Lipinski definition) is 2. The lowest BCUT2D eigenvalue weighted by Crippen LogP contribution is -2.36. The summed E-state index contributed by atoms with van der Waals surface area (Å²) < 4.78 is 2.89. The molecule has 1 N–H and O–H groups in total. The summed E-state index contributed by atoms with van der Waals surface area (Å²) in [7, 11) is 0. The van der Waals surface area contributed by atoms with E-state index in [1.807, 2.05) is 37.3 Å². The zero-order chi connectivity index (χ0) is 21.3. The summed E-state index contributed by atoms with van der Waals surface area (Å²) in [5.41, 5.74) is 3.78. The lowest BCUT2D eigenvalue weighted by atomic mass is 9.95. The number of nitrogens with zero attached hydrogens (tertiary/aromatic N) is 2. The summed E-state index contributed by atoms with van der Waals surface area (Å²) >= 11 is 14.9. The molecule has 156 valence electrons. The third-order valence-corrected chi connectivity index (χ3v) is 6.79. The SMILES string of the molecule is Cc1c(C(=O)NC2CCCCC2)nn(-c2ccc(Cl)cc2Cl)c1-c1ccc(I)cc1. The molecule has 1 aliphatic rings. The minimum atomic E-state index is -0.130. The maximum Gasteiger partial charge on any atom is 0.272 e. The Bertz CT molecular complexity index is 1070. The summed E-state index contributed by atoms with van der Waals surface area (Å²) in [6.45, 7) is 1.94. The van der Waals surface area contributed by atoms with Gasteiger partial charge >= 0.3 is 0 Å². The minimum absolute atomic E-state index is 0.130. The molecular formula is C23H22Cl2IN3O. The second-order valence-corrected chi connectivity index (χ2v) is 9.73. The van der Waals surface area contributed by atoms with E-state index in [4.69, 9.17) is 28.3 Å². The predicted molar refractivity (Wildman–Crippen MR) is 131 cm³/mol. The van der Waals surface area contributed by atoms with E-state index in [0.29, 0.717) is 21.4 Å². The molecule has 30 heavy (non-hydrogen) atoms. The highest BCUT2D eigenvalue weighted by Crippen LogP contribution is 2.33. The first kappa shape index (κ1) is 21.7. The van der Waals surface area contributed by atoms with E-state index in [-0.39, 0.29) is 11.9 Å². The van der Waals surface area contributed by atoms with Gasteiger partial charge in [-0.05, 0) is 72.7 Å². The Kier molecular flexibility index (Phi) is 6.70. The van der Waals surface area contributed by atoms with Gasteiger partial charge in [-0.25, -0.2) is 4.68 Å². The molecule has 1 fully saturated rings. The van der Waals surface area contributed by atoms with Crippen molar-refractivity contribution in [3.05, 3.63) is 67.3 Å². The van der Waals surface area contributed by atoms with Crippen molar-refractivity contribution in [2.24, 2.45) is 0 Å². The van der Waals surface area contributed by atoms with Gasteiger partial charge in [0.1, 0.15) is 0 Å². The molecule has 0 atom stereocenters. The maximum atomic E-state index is 13.1. The first-order valence-corrected chi connectivity index (χ1v) is 11.9. The summed E-state index contributed by atoms with van der Waals surface area (Å²) in [5, 5.41) is 8.93. The van der Waals surface area contributed by atoms with Crippen molar-refractivity contribution in [3.63, 3.8) is 0 Å². The number of halogens is 3. The zero-order valence-electron chi connectivity index (χ0n) is 16.6. The molecule has 1 heterocycles. The van der Waals surface area contributed by atoms with Crippen LogP contribution in [0.4, 0.5) is 0 Å². The van der Waals surface area contributed by atoms with Crippen LogP contribution in [0.15, 0.2) is 42.5 Å². The van der Waals surface area contributed by atoms with Crippen LogP contribution in [0.5, 0.6) is 0 Å². The first-order chi connectivity index (χ1) is 14.4. The van der Waals surface area contributed by atoms with Crippen LogP contribution in [0.2, 0.25) is 10.0 Å². The third-order valence-electron chi connectivity index (χ3n) is 5.53. The fourth-order valence-electron chi connectivity index (χ4n) is 3.99. The van der Waals surface area contributed by atoms with Gasteiger partial charge in [0, 0.05) is 25.8 Å². The van der Waals surface area contributed by atoms with Crippen LogP contribution < -0.4 is 5.32 Å². The second-order valence-electron chi connectivity index (χ2n) is 7.65. The second kappa shape index (κ2) is 9.28. The molecule has 0 radical (unpaired) electrons. The average molecular weight is 554 g/mol. The summed E-state index contributed by atoms with van der Waals surface area (Å²) in [5.74, 6) is -0.130. The van der Waals surface area contributed by atoms with Crippen molar-refractivity contribution in [3.8, 4) is 16.9 Å². The monoisotopic (exact) mass is 553 g/mol. The molecule has 1 aromatic heterocycles. The molecule has 1 aliphatic carbocycles. The van der Waals surface area contributed by atoms with Crippen LogP contribution >= 0.6 is 45.8 Å². The van der Waals surface area contributed by atoms with Gasteiger partial charge < -0.3 is 5.32 Å². The molecule has 0 aliphatic heterocycles. The van der Waals surface area contributed by atoms with E-state index < -0.39 is 0 Å². The summed E-state index contributed by atoms with van der Waals surface area (Å²) in [6, 6.07) is 13.7. The molecule has 4 nitrogen and oxygen atoms in total. The van der Waals surface area contributed by atoms with Crippen molar-refractivity contribution in [1.29, 1.82) is 0 Å². The normalized spacial score (nSPS) is 14.7. The van der Waals surface area contributed by atoms with Gasteiger partial charge in [-0.3, -0.25) is 4.79 Å². The number of nitrogens with one attached hydrogen (secondary N) is 1. The van der Waals surface area contributed by atoms with Gasteiger partial charge in [-0.15, -0.1) is 0 Å². The first-order valence-electron chi connectivity index (χ1n) is 10.1. The molecule has 0 spiro atoms. The Hall–Kier alpha value is -1.57.